The van der Waals surface area contributed by atoms with Crippen molar-refractivity contribution in [1.82, 2.24) is 15.2 Å². The Morgan fingerprint density at radius 1 is 1.32 bits per heavy atom. The number of halogens is 1. The lowest BCUT2D eigenvalue weighted by atomic mass is 10.0. The Hall–Kier alpha value is -1.77. The molecule has 1 fully saturated rings. The summed E-state index contributed by atoms with van der Waals surface area (Å²) in [6.45, 7) is 5.62. The molecular weight excluding hydrogens is 440 g/mol. The first-order valence-corrected chi connectivity index (χ1v) is 11.2. The van der Waals surface area contributed by atoms with Crippen LogP contribution in [0.1, 0.15) is 42.2 Å². The zero-order chi connectivity index (χ0) is 19.9. The third kappa shape index (κ3) is 6.39. The average molecular weight is 465 g/mol. The normalized spacial score (nSPS) is 17.3. The predicted octanol–water partition coefficient (Wildman–Crippen LogP) is 3.90. The van der Waals surface area contributed by atoms with E-state index in [0.29, 0.717) is 10.7 Å². The second-order valence-corrected chi connectivity index (χ2v) is 8.96. The standard InChI is InChI=1S/C20H25BrN4O2S/c1-14-3-2-10-25(11-14)12-17-13-28-20(23-17)24-18(26)8-9-22-19(27)15-4-6-16(21)7-5-15/h4-7,13-14H,2-3,8-12H2,1H3,(H,22,27)(H,23,24,26). The third-order valence-electron chi connectivity index (χ3n) is 4.67. The molecule has 0 spiro atoms. The van der Waals surface area contributed by atoms with Crippen molar-refractivity contribution in [3.8, 4) is 0 Å². The Labute approximate surface area is 177 Å². The summed E-state index contributed by atoms with van der Waals surface area (Å²) < 4.78 is 0.918. The summed E-state index contributed by atoms with van der Waals surface area (Å²) >= 11 is 4.78. The molecule has 0 aliphatic carbocycles. The summed E-state index contributed by atoms with van der Waals surface area (Å²) in [4.78, 5) is 31.1. The van der Waals surface area contributed by atoms with Crippen LogP contribution in [0, 0.1) is 5.92 Å². The number of aromatic nitrogens is 1. The number of hydrogen-bond donors (Lipinski definition) is 2. The van der Waals surface area contributed by atoms with E-state index >= 15 is 0 Å². The Morgan fingerprint density at radius 3 is 2.86 bits per heavy atom. The quantitative estimate of drug-likeness (QED) is 0.651. The van der Waals surface area contributed by atoms with Gasteiger partial charge < -0.3 is 10.6 Å². The molecule has 2 heterocycles. The van der Waals surface area contributed by atoms with Crippen LogP contribution < -0.4 is 10.6 Å². The maximum absolute atomic E-state index is 12.1. The fourth-order valence-electron chi connectivity index (χ4n) is 3.27. The molecule has 1 aliphatic heterocycles. The van der Waals surface area contributed by atoms with E-state index in [4.69, 9.17) is 0 Å². The van der Waals surface area contributed by atoms with Crippen LogP contribution in [0.25, 0.3) is 0 Å². The van der Waals surface area contributed by atoms with E-state index < -0.39 is 0 Å². The molecule has 1 aromatic carbocycles. The molecule has 1 aliphatic rings. The van der Waals surface area contributed by atoms with Crippen LogP contribution in [0.5, 0.6) is 0 Å². The topological polar surface area (TPSA) is 74.3 Å². The van der Waals surface area contributed by atoms with Gasteiger partial charge in [0.1, 0.15) is 0 Å². The minimum Gasteiger partial charge on any atom is -0.352 e. The van der Waals surface area contributed by atoms with Crippen LogP contribution in [-0.2, 0) is 11.3 Å². The van der Waals surface area contributed by atoms with E-state index in [1.54, 1.807) is 12.1 Å². The van der Waals surface area contributed by atoms with Gasteiger partial charge in [0, 0.05) is 41.5 Å². The van der Waals surface area contributed by atoms with Crippen molar-refractivity contribution in [2.24, 2.45) is 5.92 Å². The first-order valence-electron chi connectivity index (χ1n) is 9.50. The number of carbonyl (C=O) groups excluding carboxylic acids is 2. The van der Waals surface area contributed by atoms with Gasteiger partial charge in [0.2, 0.25) is 5.91 Å². The number of rotatable bonds is 7. The first kappa shape index (κ1) is 21.0. The van der Waals surface area contributed by atoms with Gasteiger partial charge in [-0.25, -0.2) is 4.98 Å². The summed E-state index contributed by atoms with van der Waals surface area (Å²) in [7, 11) is 0. The zero-order valence-electron chi connectivity index (χ0n) is 15.9. The predicted molar refractivity (Wildman–Crippen MR) is 116 cm³/mol. The van der Waals surface area contributed by atoms with Gasteiger partial charge in [0.15, 0.2) is 5.13 Å². The third-order valence-corrected chi connectivity index (χ3v) is 6.00. The molecule has 1 saturated heterocycles. The number of piperidine rings is 1. The van der Waals surface area contributed by atoms with Crippen molar-refractivity contribution in [3.63, 3.8) is 0 Å². The number of amides is 2. The number of benzene rings is 1. The summed E-state index contributed by atoms with van der Waals surface area (Å²) in [5.41, 5.74) is 1.57. The fourth-order valence-corrected chi connectivity index (χ4v) is 4.25. The molecule has 0 saturated carbocycles. The molecule has 28 heavy (non-hydrogen) atoms. The molecule has 0 bridgehead atoms. The van der Waals surface area contributed by atoms with Crippen LogP contribution in [0.15, 0.2) is 34.1 Å². The van der Waals surface area contributed by atoms with Gasteiger partial charge in [-0.05, 0) is 49.6 Å². The van der Waals surface area contributed by atoms with Crippen molar-refractivity contribution in [2.45, 2.75) is 32.7 Å². The van der Waals surface area contributed by atoms with Crippen molar-refractivity contribution in [3.05, 3.63) is 45.4 Å². The van der Waals surface area contributed by atoms with E-state index in [9.17, 15) is 9.59 Å². The van der Waals surface area contributed by atoms with Gasteiger partial charge in [-0.3, -0.25) is 14.5 Å². The lowest BCUT2D eigenvalue weighted by Crippen LogP contribution is -2.33. The van der Waals surface area contributed by atoms with Crippen LogP contribution >= 0.6 is 27.3 Å². The highest BCUT2D eigenvalue weighted by atomic mass is 79.9. The van der Waals surface area contributed by atoms with Gasteiger partial charge in [-0.2, -0.15) is 0 Å². The maximum Gasteiger partial charge on any atom is 0.251 e. The van der Waals surface area contributed by atoms with E-state index in [1.165, 1.54) is 24.2 Å². The monoisotopic (exact) mass is 464 g/mol. The maximum atomic E-state index is 12.1. The minimum absolute atomic E-state index is 0.149. The van der Waals surface area contributed by atoms with Crippen molar-refractivity contribution in [1.29, 1.82) is 0 Å². The highest BCUT2D eigenvalue weighted by Crippen LogP contribution is 2.21. The summed E-state index contributed by atoms with van der Waals surface area (Å²) in [6, 6.07) is 7.10. The van der Waals surface area contributed by atoms with E-state index in [0.717, 1.165) is 35.7 Å². The Bertz CT molecular complexity index is 809. The van der Waals surface area contributed by atoms with Gasteiger partial charge in [-0.15, -0.1) is 11.3 Å². The number of nitrogens with zero attached hydrogens (tertiary/aromatic N) is 2. The fraction of sp³-hybridized carbons (Fsp3) is 0.450. The molecular formula is C20H25BrN4O2S. The van der Waals surface area contributed by atoms with Crippen molar-refractivity contribution >= 4 is 44.2 Å². The Morgan fingerprint density at radius 2 is 2.11 bits per heavy atom. The Kier molecular flexibility index (Phi) is 7.58. The molecule has 1 atom stereocenters. The van der Waals surface area contributed by atoms with Gasteiger partial charge >= 0.3 is 0 Å². The number of thiazole rings is 1. The molecule has 1 unspecified atom stereocenters. The van der Waals surface area contributed by atoms with Gasteiger partial charge in [0.25, 0.3) is 5.91 Å². The Balaban J connectivity index is 1.39. The molecule has 2 N–H and O–H groups in total. The average Bonchev–Trinajstić information content (AvgIpc) is 3.09. The van der Waals surface area contributed by atoms with Crippen molar-refractivity contribution in [2.75, 3.05) is 25.0 Å². The van der Waals surface area contributed by atoms with Crippen LogP contribution in [0.4, 0.5) is 5.13 Å². The second kappa shape index (κ2) is 10.1. The molecule has 6 nitrogen and oxygen atoms in total. The molecule has 0 radical (unpaired) electrons. The number of anilines is 1. The minimum atomic E-state index is -0.187. The van der Waals surface area contributed by atoms with E-state index in [1.807, 2.05) is 17.5 Å². The van der Waals surface area contributed by atoms with E-state index in [2.05, 4.69) is 43.4 Å². The zero-order valence-corrected chi connectivity index (χ0v) is 18.3. The van der Waals surface area contributed by atoms with E-state index in [-0.39, 0.29) is 24.8 Å². The molecule has 8 heteroatoms. The first-order chi connectivity index (χ1) is 13.5. The number of nitrogens with one attached hydrogen (secondary N) is 2. The van der Waals surface area contributed by atoms with Crippen molar-refractivity contribution < 1.29 is 9.59 Å². The molecule has 2 amide bonds. The smallest absolute Gasteiger partial charge is 0.251 e. The van der Waals surface area contributed by atoms with Gasteiger partial charge in [0.05, 0.1) is 5.69 Å². The highest BCUT2D eigenvalue weighted by Gasteiger charge is 2.17. The lowest BCUT2D eigenvalue weighted by molar-refractivity contribution is -0.116. The van der Waals surface area contributed by atoms with Crippen LogP contribution in [-0.4, -0.2) is 41.3 Å². The largest absolute Gasteiger partial charge is 0.352 e. The number of likely N-dealkylation sites (tertiary alicyclic amines) is 1. The van der Waals surface area contributed by atoms with Gasteiger partial charge in [-0.1, -0.05) is 22.9 Å². The SMILES string of the molecule is CC1CCCN(Cc2csc(NC(=O)CCNC(=O)c3ccc(Br)cc3)n2)C1. The lowest BCUT2D eigenvalue weighted by Gasteiger charge is -2.30. The van der Waals surface area contributed by atoms with Crippen LogP contribution in [0.2, 0.25) is 0 Å². The summed E-state index contributed by atoms with van der Waals surface area (Å²) in [6.07, 6.45) is 2.74. The van der Waals surface area contributed by atoms with Crippen LogP contribution in [0.3, 0.4) is 0 Å². The molecule has 1 aromatic heterocycles. The highest BCUT2D eigenvalue weighted by molar-refractivity contribution is 9.10. The number of carbonyl (C=O) groups is 2. The molecule has 3 rings (SSSR count). The molecule has 150 valence electrons. The second-order valence-electron chi connectivity index (χ2n) is 7.19. The molecule has 2 aromatic rings. The summed E-state index contributed by atoms with van der Waals surface area (Å²) in [5, 5.41) is 8.20. The summed E-state index contributed by atoms with van der Waals surface area (Å²) in [5.74, 6) is 0.398. The number of hydrogen-bond acceptors (Lipinski definition) is 5.